The molecule has 0 saturated heterocycles. The highest BCUT2D eigenvalue weighted by Gasteiger charge is 2.03. The fourth-order valence-electron chi connectivity index (χ4n) is 2.06. The van der Waals surface area contributed by atoms with Crippen molar-refractivity contribution in [3.8, 4) is 0 Å². The van der Waals surface area contributed by atoms with E-state index in [0.29, 0.717) is 24.6 Å². The molecule has 1 amide bonds. The van der Waals surface area contributed by atoms with Crippen molar-refractivity contribution in [2.24, 2.45) is 10.7 Å². The predicted octanol–water partition coefficient (Wildman–Crippen LogP) is 2.46. The first-order valence-electron chi connectivity index (χ1n) is 7.53. The third kappa shape index (κ3) is 5.47. The molecule has 0 fully saturated rings. The molecule has 2 aromatic carbocycles. The summed E-state index contributed by atoms with van der Waals surface area (Å²) in [7, 11) is 0. The summed E-state index contributed by atoms with van der Waals surface area (Å²) in [5.74, 6) is 0.229. The zero-order chi connectivity index (χ0) is 16.7. The summed E-state index contributed by atoms with van der Waals surface area (Å²) in [4.78, 5) is 16.2. The molecule has 0 aromatic heterocycles. The standard InChI is InChI=1S/C18H22N4O/c1-13-6-8-16(9-7-13)22-18(19)21-11-10-20-17(23)15-5-3-4-14(2)12-15/h3-9,12H,10-11H2,1-2H3,(H,20,23)(H3,19,21,22). The topological polar surface area (TPSA) is 79.5 Å². The van der Waals surface area contributed by atoms with Crippen molar-refractivity contribution in [3.63, 3.8) is 0 Å². The van der Waals surface area contributed by atoms with Crippen molar-refractivity contribution >= 4 is 17.6 Å². The minimum absolute atomic E-state index is 0.103. The van der Waals surface area contributed by atoms with E-state index in [1.807, 2.05) is 56.3 Å². The van der Waals surface area contributed by atoms with Gasteiger partial charge in [0, 0.05) is 17.8 Å². The Hall–Kier alpha value is -2.82. The monoisotopic (exact) mass is 310 g/mol. The second-order valence-electron chi connectivity index (χ2n) is 5.38. The molecule has 2 aromatic rings. The Morgan fingerprint density at radius 1 is 1.09 bits per heavy atom. The molecule has 0 aliphatic carbocycles. The first-order valence-corrected chi connectivity index (χ1v) is 7.53. The van der Waals surface area contributed by atoms with Crippen molar-refractivity contribution in [3.05, 3.63) is 65.2 Å². The lowest BCUT2D eigenvalue weighted by atomic mass is 10.1. The smallest absolute Gasteiger partial charge is 0.251 e. The van der Waals surface area contributed by atoms with E-state index in [1.54, 1.807) is 6.07 Å². The van der Waals surface area contributed by atoms with Gasteiger partial charge in [0.1, 0.15) is 0 Å². The first kappa shape index (κ1) is 16.5. The minimum Gasteiger partial charge on any atom is -0.370 e. The van der Waals surface area contributed by atoms with Gasteiger partial charge in [-0.2, -0.15) is 0 Å². The average Bonchev–Trinajstić information content (AvgIpc) is 2.53. The lowest BCUT2D eigenvalue weighted by molar-refractivity contribution is 0.0954. The maximum atomic E-state index is 12.0. The summed E-state index contributed by atoms with van der Waals surface area (Å²) in [6.45, 7) is 4.84. The summed E-state index contributed by atoms with van der Waals surface area (Å²) in [6.07, 6.45) is 0. The number of hydrogen-bond acceptors (Lipinski definition) is 2. The molecule has 0 heterocycles. The molecule has 23 heavy (non-hydrogen) atoms. The molecule has 0 aliphatic heterocycles. The van der Waals surface area contributed by atoms with E-state index in [4.69, 9.17) is 5.73 Å². The van der Waals surface area contributed by atoms with Crippen LogP contribution < -0.4 is 16.4 Å². The van der Waals surface area contributed by atoms with Crippen LogP contribution in [-0.2, 0) is 0 Å². The van der Waals surface area contributed by atoms with E-state index in [1.165, 1.54) is 5.56 Å². The van der Waals surface area contributed by atoms with Crippen molar-refractivity contribution in [2.45, 2.75) is 13.8 Å². The van der Waals surface area contributed by atoms with Crippen molar-refractivity contribution < 1.29 is 4.79 Å². The summed E-state index contributed by atoms with van der Waals surface area (Å²) >= 11 is 0. The van der Waals surface area contributed by atoms with Crippen LogP contribution in [0.15, 0.2) is 53.5 Å². The Bertz CT molecular complexity index is 692. The molecule has 0 aliphatic rings. The molecule has 4 N–H and O–H groups in total. The van der Waals surface area contributed by atoms with Gasteiger partial charge in [-0.05, 0) is 38.1 Å². The summed E-state index contributed by atoms with van der Waals surface area (Å²) < 4.78 is 0. The molecular weight excluding hydrogens is 288 g/mol. The summed E-state index contributed by atoms with van der Waals surface area (Å²) in [5.41, 5.74) is 9.60. The fourth-order valence-corrected chi connectivity index (χ4v) is 2.06. The van der Waals surface area contributed by atoms with Crippen LogP contribution in [0.1, 0.15) is 21.5 Å². The number of nitrogens with one attached hydrogen (secondary N) is 2. The van der Waals surface area contributed by atoms with Crippen LogP contribution in [0.25, 0.3) is 0 Å². The van der Waals surface area contributed by atoms with E-state index >= 15 is 0 Å². The van der Waals surface area contributed by atoms with E-state index in [2.05, 4.69) is 15.6 Å². The Balaban J connectivity index is 1.77. The highest BCUT2D eigenvalue weighted by atomic mass is 16.1. The van der Waals surface area contributed by atoms with Crippen molar-refractivity contribution in [1.82, 2.24) is 5.32 Å². The average molecular weight is 310 g/mol. The van der Waals surface area contributed by atoms with Gasteiger partial charge in [0.05, 0.1) is 6.54 Å². The van der Waals surface area contributed by atoms with Crippen molar-refractivity contribution in [2.75, 3.05) is 18.4 Å². The quantitative estimate of drug-likeness (QED) is 0.451. The highest BCUT2D eigenvalue weighted by molar-refractivity contribution is 5.94. The van der Waals surface area contributed by atoms with Crippen LogP contribution in [0.5, 0.6) is 0 Å². The number of aliphatic imine (C=N–C) groups is 1. The second kappa shape index (κ2) is 7.98. The molecule has 0 atom stereocenters. The van der Waals surface area contributed by atoms with Crippen LogP contribution in [0.3, 0.4) is 0 Å². The molecule has 0 bridgehead atoms. The van der Waals surface area contributed by atoms with Crippen molar-refractivity contribution in [1.29, 1.82) is 0 Å². The number of carbonyl (C=O) groups is 1. The van der Waals surface area contributed by atoms with Gasteiger partial charge in [0.25, 0.3) is 5.91 Å². The number of rotatable bonds is 5. The molecule has 2 rings (SSSR count). The molecule has 5 nitrogen and oxygen atoms in total. The number of hydrogen-bond donors (Lipinski definition) is 3. The Morgan fingerprint density at radius 2 is 1.83 bits per heavy atom. The van der Waals surface area contributed by atoms with Gasteiger partial charge in [0.15, 0.2) is 5.96 Å². The van der Waals surface area contributed by atoms with E-state index in [0.717, 1.165) is 11.3 Å². The number of carbonyl (C=O) groups excluding carboxylic acids is 1. The van der Waals surface area contributed by atoms with Gasteiger partial charge in [-0.15, -0.1) is 0 Å². The second-order valence-corrected chi connectivity index (χ2v) is 5.38. The highest BCUT2D eigenvalue weighted by Crippen LogP contribution is 2.07. The van der Waals surface area contributed by atoms with Gasteiger partial charge in [-0.1, -0.05) is 35.4 Å². The molecule has 5 heteroatoms. The van der Waals surface area contributed by atoms with Gasteiger partial charge in [-0.3, -0.25) is 9.79 Å². The lowest BCUT2D eigenvalue weighted by Gasteiger charge is -2.07. The van der Waals surface area contributed by atoms with E-state index in [-0.39, 0.29) is 5.91 Å². The Kier molecular flexibility index (Phi) is 5.74. The Morgan fingerprint density at radius 3 is 2.52 bits per heavy atom. The molecule has 0 unspecified atom stereocenters. The van der Waals surface area contributed by atoms with Crippen LogP contribution in [0.4, 0.5) is 5.69 Å². The molecule has 120 valence electrons. The Labute approximate surface area is 136 Å². The molecule has 0 radical (unpaired) electrons. The largest absolute Gasteiger partial charge is 0.370 e. The summed E-state index contributed by atoms with van der Waals surface area (Å²) in [5, 5.41) is 5.83. The molecule has 0 spiro atoms. The van der Waals surface area contributed by atoms with E-state index < -0.39 is 0 Å². The number of anilines is 1. The zero-order valence-corrected chi connectivity index (χ0v) is 13.5. The molecular formula is C18H22N4O. The van der Waals surface area contributed by atoms with Gasteiger partial charge in [-0.25, -0.2) is 0 Å². The van der Waals surface area contributed by atoms with Gasteiger partial charge >= 0.3 is 0 Å². The summed E-state index contributed by atoms with van der Waals surface area (Å²) in [6, 6.07) is 15.3. The zero-order valence-electron chi connectivity index (χ0n) is 13.5. The normalized spacial score (nSPS) is 11.1. The van der Waals surface area contributed by atoms with Gasteiger partial charge in [0.2, 0.25) is 0 Å². The number of guanidine groups is 1. The maximum absolute atomic E-state index is 12.0. The number of benzene rings is 2. The number of aryl methyl sites for hydroxylation is 2. The molecule has 0 saturated carbocycles. The SMILES string of the molecule is Cc1ccc(NC(N)=NCCNC(=O)c2cccc(C)c2)cc1. The third-order valence-electron chi connectivity index (χ3n) is 3.28. The minimum atomic E-state index is -0.103. The third-order valence-corrected chi connectivity index (χ3v) is 3.28. The van der Waals surface area contributed by atoms with Crippen LogP contribution in [-0.4, -0.2) is 25.0 Å². The van der Waals surface area contributed by atoms with Crippen LogP contribution in [0.2, 0.25) is 0 Å². The fraction of sp³-hybridized carbons (Fsp3) is 0.222. The number of nitrogens with zero attached hydrogens (tertiary/aromatic N) is 1. The lowest BCUT2D eigenvalue weighted by Crippen LogP contribution is -2.28. The van der Waals surface area contributed by atoms with Gasteiger partial charge < -0.3 is 16.4 Å². The van der Waals surface area contributed by atoms with Crippen LogP contribution >= 0.6 is 0 Å². The number of amides is 1. The maximum Gasteiger partial charge on any atom is 0.251 e. The van der Waals surface area contributed by atoms with E-state index in [9.17, 15) is 4.79 Å². The van der Waals surface area contributed by atoms with Crippen LogP contribution in [0, 0.1) is 13.8 Å². The number of nitrogens with two attached hydrogens (primary N) is 1. The first-order chi connectivity index (χ1) is 11.0. The predicted molar refractivity (Wildman–Crippen MR) is 94.8 cm³/mol.